The van der Waals surface area contributed by atoms with Crippen LogP contribution in [-0.4, -0.2) is 24.5 Å². The topological polar surface area (TPSA) is 64.3 Å². The van der Waals surface area contributed by atoms with E-state index in [0.717, 1.165) is 16.2 Å². The van der Waals surface area contributed by atoms with E-state index in [0.29, 0.717) is 13.1 Å². The third-order valence-corrected chi connectivity index (χ3v) is 3.44. The number of cyclic esters (lactones) is 1. The molecule has 1 aromatic rings. The van der Waals surface area contributed by atoms with Gasteiger partial charge >= 0.3 is 6.09 Å². The van der Waals surface area contributed by atoms with Crippen LogP contribution in [0.15, 0.2) is 29.2 Å². The van der Waals surface area contributed by atoms with Crippen LogP contribution < -0.4 is 11.1 Å². The molecule has 5 heteroatoms. The molecule has 1 heterocycles. The quantitative estimate of drug-likeness (QED) is 0.777. The first-order valence-corrected chi connectivity index (χ1v) is 6.13. The van der Waals surface area contributed by atoms with Crippen LogP contribution in [0.5, 0.6) is 0 Å². The largest absolute Gasteiger partial charge is 0.443 e. The highest BCUT2D eigenvalue weighted by atomic mass is 32.2. The lowest BCUT2D eigenvalue weighted by molar-refractivity contribution is 0.150. The van der Waals surface area contributed by atoms with Crippen LogP contribution in [0.25, 0.3) is 0 Å². The van der Waals surface area contributed by atoms with Crippen molar-refractivity contribution in [3.8, 4) is 0 Å². The van der Waals surface area contributed by atoms with E-state index in [1.54, 1.807) is 11.8 Å². The van der Waals surface area contributed by atoms with E-state index < -0.39 is 0 Å². The number of carbonyl (C=O) groups excluding carboxylic acids is 1. The fourth-order valence-corrected chi connectivity index (χ4v) is 2.45. The zero-order chi connectivity index (χ0) is 11.4. The lowest BCUT2D eigenvalue weighted by Crippen LogP contribution is -2.16. The minimum Gasteiger partial charge on any atom is -0.443 e. The molecule has 1 amide bonds. The molecule has 4 nitrogen and oxygen atoms in total. The second-order valence-corrected chi connectivity index (χ2v) is 4.66. The predicted octanol–water partition coefficient (Wildman–Crippen LogP) is 1.35. The zero-order valence-corrected chi connectivity index (χ0v) is 9.63. The Balaban J connectivity index is 1.87. The van der Waals surface area contributed by atoms with Gasteiger partial charge in [0.2, 0.25) is 0 Å². The summed E-state index contributed by atoms with van der Waals surface area (Å²) in [5, 5.41) is 2.63. The Morgan fingerprint density at radius 2 is 2.44 bits per heavy atom. The minimum absolute atomic E-state index is 0.0287. The molecule has 0 spiro atoms. The normalized spacial score (nSPS) is 19.3. The molecule has 1 aliphatic rings. The highest BCUT2D eigenvalue weighted by Crippen LogP contribution is 2.21. The molecular weight excluding hydrogens is 224 g/mol. The average molecular weight is 238 g/mol. The van der Waals surface area contributed by atoms with E-state index in [2.05, 4.69) is 11.4 Å². The molecule has 0 radical (unpaired) electrons. The van der Waals surface area contributed by atoms with Crippen molar-refractivity contribution >= 4 is 17.9 Å². The molecule has 0 saturated carbocycles. The van der Waals surface area contributed by atoms with Gasteiger partial charge in [-0.15, -0.1) is 11.8 Å². The SMILES string of the molecule is NCc1cccc(SCC2CNC(=O)O2)c1. The summed E-state index contributed by atoms with van der Waals surface area (Å²) < 4.78 is 5.04. The summed E-state index contributed by atoms with van der Waals surface area (Å²) in [7, 11) is 0. The van der Waals surface area contributed by atoms with Crippen molar-refractivity contribution in [1.29, 1.82) is 0 Å². The number of carbonyl (C=O) groups is 1. The summed E-state index contributed by atoms with van der Waals surface area (Å²) in [5.41, 5.74) is 6.68. The van der Waals surface area contributed by atoms with Gasteiger partial charge < -0.3 is 15.8 Å². The summed E-state index contributed by atoms with van der Waals surface area (Å²) in [6.45, 7) is 1.15. The fraction of sp³-hybridized carbons (Fsp3) is 0.364. The molecule has 1 fully saturated rings. The van der Waals surface area contributed by atoms with Gasteiger partial charge in [0.15, 0.2) is 0 Å². The Morgan fingerprint density at radius 3 is 3.12 bits per heavy atom. The fourth-order valence-electron chi connectivity index (χ4n) is 1.48. The van der Waals surface area contributed by atoms with Gasteiger partial charge in [-0.25, -0.2) is 4.79 Å². The number of hydrogen-bond acceptors (Lipinski definition) is 4. The molecule has 1 unspecified atom stereocenters. The smallest absolute Gasteiger partial charge is 0.407 e. The number of thioether (sulfide) groups is 1. The number of hydrogen-bond donors (Lipinski definition) is 2. The van der Waals surface area contributed by atoms with Gasteiger partial charge in [-0.1, -0.05) is 12.1 Å². The van der Waals surface area contributed by atoms with Crippen LogP contribution in [0.1, 0.15) is 5.56 Å². The van der Waals surface area contributed by atoms with Crippen LogP contribution in [0.4, 0.5) is 4.79 Å². The second kappa shape index (κ2) is 5.23. The van der Waals surface area contributed by atoms with Crippen molar-refractivity contribution in [2.24, 2.45) is 5.73 Å². The molecular formula is C11H14N2O2S. The molecule has 86 valence electrons. The first-order valence-electron chi connectivity index (χ1n) is 5.14. The van der Waals surface area contributed by atoms with Gasteiger partial charge in [0, 0.05) is 17.2 Å². The molecule has 2 rings (SSSR count). The third kappa shape index (κ3) is 2.90. The van der Waals surface area contributed by atoms with Crippen molar-refractivity contribution < 1.29 is 9.53 Å². The van der Waals surface area contributed by atoms with Crippen molar-refractivity contribution in [3.05, 3.63) is 29.8 Å². The number of benzene rings is 1. The van der Waals surface area contributed by atoms with Crippen molar-refractivity contribution in [3.63, 3.8) is 0 Å². The highest BCUT2D eigenvalue weighted by molar-refractivity contribution is 7.99. The maximum Gasteiger partial charge on any atom is 0.407 e. The summed E-state index contributed by atoms with van der Waals surface area (Å²) in [5.74, 6) is 0.771. The van der Waals surface area contributed by atoms with Gasteiger partial charge in [-0.3, -0.25) is 0 Å². The maximum atomic E-state index is 10.8. The molecule has 1 aromatic carbocycles. The number of amides is 1. The van der Waals surface area contributed by atoms with Crippen molar-refractivity contribution in [2.75, 3.05) is 12.3 Å². The molecule has 0 aromatic heterocycles. The minimum atomic E-state index is -0.318. The number of alkyl carbamates (subject to hydrolysis) is 1. The Hall–Kier alpha value is -1.20. The van der Waals surface area contributed by atoms with Gasteiger partial charge in [0.25, 0.3) is 0 Å². The van der Waals surface area contributed by atoms with Crippen molar-refractivity contribution in [2.45, 2.75) is 17.5 Å². The number of ether oxygens (including phenoxy) is 1. The van der Waals surface area contributed by atoms with Crippen LogP contribution in [-0.2, 0) is 11.3 Å². The predicted molar refractivity (Wildman–Crippen MR) is 63.3 cm³/mol. The van der Waals surface area contributed by atoms with E-state index in [1.165, 1.54) is 0 Å². The van der Waals surface area contributed by atoms with E-state index in [1.807, 2.05) is 18.2 Å². The number of nitrogens with two attached hydrogens (primary N) is 1. The van der Waals surface area contributed by atoms with Crippen molar-refractivity contribution in [1.82, 2.24) is 5.32 Å². The molecule has 1 atom stereocenters. The summed E-state index contributed by atoms with van der Waals surface area (Å²) in [6, 6.07) is 8.09. The molecule has 3 N–H and O–H groups in total. The van der Waals surface area contributed by atoms with Gasteiger partial charge in [0.1, 0.15) is 6.10 Å². The number of rotatable bonds is 4. The molecule has 0 bridgehead atoms. The lowest BCUT2D eigenvalue weighted by Gasteiger charge is -2.07. The van der Waals surface area contributed by atoms with Crippen LogP contribution in [0.3, 0.4) is 0 Å². The highest BCUT2D eigenvalue weighted by Gasteiger charge is 2.22. The summed E-state index contributed by atoms with van der Waals surface area (Å²) in [6.07, 6.45) is -0.347. The monoisotopic (exact) mass is 238 g/mol. The Kier molecular flexibility index (Phi) is 3.69. The molecule has 16 heavy (non-hydrogen) atoms. The van der Waals surface area contributed by atoms with E-state index in [-0.39, 0.29) is 12.2 Å². The average Bonchev–Trinajstić information content (AvgIpc) is 2.73. The second-order valence-electron chi connectivity index (χ2n) is 3.57. The van der Waals surface area contributed by atoms with Crippen LogP contribution in [0, 0.1) is 0 Å². The summed E-state index contributed by atoms with van der Waals surface area (Å²) in [4.78, 5) is 12.0. The van der Waals surface area contributed by atoms with Gasteiger partial charge in [-0.2, -0.15) is 0 Å². The Morgan fingerprint density at radius 1 is 1.56 bits per heavy atom. The Bertz CT molecular complexity index is 384. The first-order chi connectivity index (χ1) is 7.78. The molecule has 1 saturated heterocycles. The molecule has 0 aliphatic carbocycles. The van der Waals surface area contributed by atoms with E-state index in [9.17, 15) is 4.79 Å². The third-order valence-electron chi connectivity index (χ3n) is 2.32. The summed E-state index contributed by atoms with van der Waals surface area (Å²) >= 11 is 1.68. The molecule has 1 aliphatic heterocycles. The lowest BCUT2D eigenvalue weighted by atomic mass is 10.2. The zero-order valence-electron chi connectivity index (χ0n) is 8.81. The first kappa shape index (κ1) is 11.3. The Labute approximate surface area is 98.5 Å². The van der Waals surface area contributed by atoms with Crippen LogP contribution >= 0.6 is 11.8 Å². The number of nitrogens with one attached hydrogen (secondary N) is 1. The maximum absolute atomic E-state index is 10.8. The van der Waals surface area contributed by atoms with E-state index >= 15 is 0 Å². The van der Waals surface area contributed by atoms with Gasteiger partial charge in [-0.05, 0) is 17.7 Å². The van der Waals surface area contributed by atoms with Crippen LogP contribution in [0.2, 0.25) is 0 Å². The van der Waals surface area contributed by atoms with E-state index in [4.69, 9.17) is 10.5 Å². The standard InChI is InChI=1S/C11H14N2O2S/c12-5-8-2-1-3-10(4-8)16-7-9-6-13-11(14)15-9/h1-4,9H,5-7,12H2,(H,13,14). The van der Waals surface area contributed by atoms with Gasteiger partial charge in [0.05, 0.1) is 6.54 Å².